The smallest absolute Gasteiger partial charge is 0.227 e. The van der Waals surface area contributed by atoms with Gasteiger partial charge in [0.2, 0.25) is 5.91 Å². The summed E-state index contributed by atoms with van der Waals surface area (Å²) in [5, 5.41) is 0. The first-order valence-electron chi connectivity index (χ1n) is 9.66. The Morgan fingerprint density at radius 3 is 2.38 bits per heavy atom. The van der Waals surface area contributed by atoms with E-state index in [-0.39, 0.29) is 5.92 Å². The average molecular weight is 349 g/mol. The van der Waals surface area contributed by atoms with Gasteiger partial charge in [0.25, 0.3) is 0 Å². The van der Waals surface area contributed by atoms with Gasteiger partial charge in [0.15, 0.2) is 0 Å². The van der Waals surface area contributed by atoms with Crippen LogP contribution in [0.3, 0.4) is 0 Å². The van der Waals surface area contributed by atoms with E-state index in [4.69, 9.17) is 0 Å². The van der Waals surface area contributed by atoms with Crippen molar-refractivity contribution in [1.29, 1.82) is 0 Å². The predicted octanol–water partition coefficient (Wildman–Crippen LogP) is 3.09. The van der Waals surface area contributed by atoms with Gasteiger partial charge in [-0.05, 0) is 54.0 Å². The van der Waals surface area contributed by atoms with Gasteiger partial charge >= 0.3 is 0 Å². The van der Waals surface area contributed by atoms with Gasteiger partial charge in [0, 0.05) is 45.6 Å². The van der Waals surface area contributed by atoms with Gasteiger partial charge in [-0.1, -0.05) is 24.3 Å². The second-order valence-electron chi connectivity index (χ2n) is 7.80. The molecule has 1 saturated heterocycles. The zero-order valence-electron chi connectivity index (χ0n) is 15.5. The fourth-order valence-electron chi connectivity index (χ4n) is 3.84. The summed E-state index contributed by atoms with van der Waals surface area (Å²) in [5.74, 6) is 1.23. The van der Waals surface area contributed by atoms with Gasteiger partial charge < -0.3 is 9.80 Å². The fourth-order valence-corrected chi connectivity index (χ4v) is 3.84. The Morgan fingerprint density at radius 2 is 1.69 bits per heavy atom. The Balaban J connectivity index is 1.46. The molecule has 0 bridgehead atoms. The van der Waals surface area contributed by atoms with Gasteiger partial charge in [-0.15, -0.1) is 0 Å². The summed E-state index contributed by atoms with van der Waals surface area (Å²) < 4.78 is 0. The van der Waals surface area contributed by atoms with E-state index in [1.165, 1.54) is 36.1 Å². The second kappa shape index (κ2) is 7.58. The van der Waals surface area contributed by atoms with Crippen molar-refractivity contribution in [2.24, 2.45) is 11.8 Å². The van der Waals surface area contributed by atoms with Crippen molar-refractivity contribution in [2.45, 2.75) is 19.3 Å². The van der Waals surface area contributed by atoms with E-state index in [9.17, 15) is 4.79 Å². The first-order chi connectivity index (χ1) is 12.7. The lowest BCUT2D eigenvalue weighted by atomic mass is 9.96. The molecule has 1 aliphatic heterocycles. The van der Waals surface area contributed by atoms with Gasteiger partial charge in [-0.3, -0.25) is 9.78 Å². The Kier molecular flexibility index (Phi) is 5.02. The predicted molar refractivity (Wildman–Crippen MR) is 104 cm³/mol. The monoisotopic (exact) mass is 349 g/mol. The maximum Gasteiger partial charge on any atom is 0.227 e. The quantitative estimate of drug-likeness (QED) is 0.832. The van der Waals surface area contributed by atoms with Crippen LogP contribution in [0.15, 0.2) is 48.8 Å². The van der Waals surface area contributed by atoms with Crippen molar-refractivity contribution >= 4 is 5.91 Å². The minimum Gasteiger partial charge on any atom is -0.344 e. The number of nitrogens with zero attached hydrogens (tertiary/aromatic N) is 3. The number of hydrogen-bond donors (Lipinski definition) is 0. The maximum absolute atomic E-state index is 12.8. The van der Waals surface area contributed by atoms with Crippen LogP contribution in [-0.2, 0) is 11.2 Å². The lowest BCUT2D eigenvalue weighted by molar-refractivity contribution is -0.133. The molecule has 1 atom stereocenters. The van der Waals surface area contributed by atoms with Crippen molar-refractivity contribution < 1.29 is 4.79 Å². The first-order valence-corrected chi connectivity index (χ1v) is 9.66. The summed E-state index contributed by atoms with van der Waals surface area (Å²) in [5.41, 5.74) is 3.60. The number of pyridine rings is 1. The number of hydrogen-bond acceptors (Lipinski definition) is 3. The molecule has 136 valence electrons. The molecule has 0 radical (unpaired) electrons. The molecular weight excluding hydrogens is 322 g/mol. The van der Waals surface area contributed by atoms with Gasteiger partial charge in [-0.25, -0.2) is 0 Å². The van der Waals surface area contributed by atoms with Crippen LogP contribution in [0.2, 0.25) is 0 Å². The largest absolute Gasteiger partial charge is 0.344 e. The Bertz CT molecular complexity index is 740. The van der Waals surface area contributed by atoms with Crippen LogP contribution in [0.1, 0.15) is 18.4 Å². The summed E-state index contributed by atoms with van der Waals surface area (Å²) in [6, 6.07) is 12.7. The van der Waals surface area contributed by atoms with Crippen molar-refractivity contribution in [3.63, 3.8) is 0 Å². The molecule has 2 aliphatic rings. The molecule has 0 unspecified atom stereocenters. The van der Waals surface area contributed by atoms with E-state index in [0.29, 0.717) is 5.91 Å². The zero-order valence-corrected chi connectivity index (χ0v) is 15.5. The minimum absolute atomic E-state index is 0.0630. The topological polar surface area (TPSA) is 36.4 Å². The molecule has 1 aromatic heterocycles. The van der Waals surface area contributed by atoms with Crippen molar-refractivity contribution in [1.82, 2.24) is 14.8 Å². The van der Waals surface area contributed by atoms with Crippen LogP contribution in [0.25, 0.3) is 11.1 Å². The molecule has 2 heterocycles. The molecule has 0 spiro atoms. The van der Waals surface area contributed by atoms with Crippen molar-refractivity contribution in [3.05, 3.63) is 54.4 Å². The normalized spacial score (nSPS) is 21.7. The van der Waals surface area contributed by atoms with E-state index in [1.807, 2.05) is 36.5 Å². The number of likely N-dealkylation sites (N-methyl/N-ethyl adjacent to an activating group) is 1. The van der Waals surface area contributed by atoms with Gasteiger partial charge in [-0.2, -0.15) is 0 Å². The van der Waals surface area contributed by atoms with Crippen LogP contribution >= 0.6 is 0 Å². The minimum atomic E-state index is 0.0630. The van der Waals surface area contributed by atoms with Crippen LogP contribution < -0.4 is 0 Å². The number of amides is 1. The third-order valence-corrected chi connectivity index (χ3v) is 5.62. The lowest BCUT2D eigenvalue weighted by Crippen LogP contribution is -2.35. The number of carbonyl (C=O) groups excluding carboxylic acids is 1. The summed E-state index contributed by atoms with van der Waals surface area (Å²) >= 11 is 0. The highest BCUT2D eigenvalue weighted by atomic mass is 16.2. The summed E-state index contributed by atoms with van der Waals surface area (Å²) in [6.07, 6.45) is 7.18. The third kappa shape index (κ3) is 4.13. The molecule has 1 saturated carbocycles. The van der Waals surface area contributed by atoms with Crippen molar-refractivity contribution in [3.8, 4) is 11.1 Å². The maximum atomic E-state index is 12.8. The lowest BCUT2D eigenvalue weighted by Gasteiger charge is -2.23. The Morgan fingerprint density at radius 1 is 1.00 bits per heavy atom. The van der Waals surface area contributed by atoms with E-state index in [1.54, 1.807) is 0 Å². The van der Waals surface area contributed by atoms with E-state index >= 15 is 0 Å². The van der Waals surface area contributed by atoms with Crippen LogP contribution in [0.5, 0.6) is 0 Å². The first kappa shape index (κ1) is 17.2. The fraction of sp³-hybridized carbons (Fsp3) is 0.455. The highest BCUT2D eigenvalue weighted by molar-refractivity contribution is 5.79. The molecular formula is C22H27N3O. The number of benzene rings is 1. The van der Waals surface area contributed by atoms with Gasteiger partial charge in [0.05, 0.1) is 5.92 Å². The Labute approximate surface area is 155 Å². The third-order valence-electron chi connectivity index (χ3n) is 5.62. The highest BCUT2D eigenvalue weighted by Crippen LogP contribution is 2.30. The number of aromatic nitrogens is 1. The molecule has 4 nitrogen and oxygen atoms in total. The molecule has 4 rings (SSSR count). The molecule has 0 N–H and O–H groups in total. The second-order valence-corrected chi connectivity index (χ2v) is 7.80. The molecule has 2 aromatic rings. The Hall–Kier alpha value is -2.20. The number of carbonyl (C=O) groups is 1. The molecule has 1 amide bonds. The number of rotatable bonds is 5. The SMILES string of the molecule is CN1CCN(CC2CC2)C[C@@H](Cc2ccc(-c3ccncc3)cc2)C1=O. The molecule has 1 aliphatic carbocycles. The molecule has 4 heteroatoms. The standard InChI is InChI=1S/C22H27N3O/c1-24-12-13-25(15-18-2-3-18)16-21(22(24)26)14-17-4-6-19(7-5-17)20-8-10-23-11-9-20/h4-11,18,21H,2-3,12-16H2,1H3/t21-/m1/s1. The van der Waals surface area contributed by atoms with Crippen LogP contribution in [0.4, 0.5) is 0 Å². The van der Waals surface area contributed by atoms with Crippen molar-refractivity contribution in [2.75, 3.05) is 33.2 Å². The summed E-state index contributed by atoms with van der Waals surface area (Å²) in [4.78, 5) is 21.3. The van der Waals surface area contributed by atoms with E-state index in [0.717, 1.165) is 32.0 Å². The van der Waals surface area contributed by atoms with Crippen LogP contribution in [-0.4, -0.2) is 53.9 Å². The van der Waals surface area contributed by atoms with Gasteiger partial charge in [0.1, 0.15) is 0 Å². The summed E-state index contributed by atoms with van der Waals surface area (Å²) in [7, 11) is 1.95. The van der Waals surface area contributed by atoms with E-state index < -0.39 is 0 Å². The molecule has 1 aromatic carbocycles. The average Bonchev–Trinajstić information content (AvgIpc) is 3.50. The summed E-state index contributed by atoms with van der Waals surface area (Å²) in [6.45, 7) is 3.92. The highest BCUT2D eigenvalue weighted by Gasteiger charge is 2.31. The van der Waals surface area contributed by atoms with Crippen LogP contribution in [0, 0.1) is 11.8 Å². The molecule has 2 fully saturated rings. The zero-order chi connectivity index (χ0) is 17.9. The van der Waals surface area contributed by atoms with E-state index in [2.05, 4.69) is 34.1 Å². The molecule has 26 heavy (non-hydrogen) atoms.